The molecule has 1 rings (SSSR count). The van der Waals surface area contributed by atoms with Crippen LogP contribution < -0.4 is 0 Å². The van der Waals surface area contributed by atoms with Crippen molar-refractivity contribution >= 4 is 0 Å². The van der Waals surface area contributed by atoms with E-state index in [0.29, 0.717) is 0 Å². The molecule has 10 heavy (non-hydrogen) atoms. The number of rotatable bonds is 1. The maximum absolute atomic E-state index is 5.24. The highest BCUT2D eigenvalue weighted by molar-refractivity contribution is 4.88. The topological polar surface area (TPSA) is 0 Å². The monoisotopic (exact) mass is 136 g/mol. The van der Waals surface area contributed by atoms with Crippen molar-refractivity contribution < 1.29 is 0 Å². The predicted molar refractivity (Wildman–Crippen MR) is 44.6 cm³/mol. The molecule has 0 unspecified atom stereocenters. The first-order valence-electron chi connectivity index (χ1n) is 4.26. The van der Waals surface area contributed by atoms with Gasteiger partial charge in [0.1, 0.15) is 0 Å². The lowest BCUT2D eigenvalue weighted by Crippen LogP contribution is -2.11. The van der Waals surface area contributed by atoms with Crippen molar-refractivity contribution in [3.05, 3.63) is 0 Å². The van der Waals surface area contributed by atoms with E-state index in [2.05, 4.69) is 12.8 Å². The van der Waals surface area contributed by atoms with Gasteiger partial charge in [0.05, 0.1) is 0 Å². The van der Waals surface area contributed by atoms with Gasteiger partial charge in [0.25, 0.3) is 0 Å². The third-order valence-electron chi connectivity index (χ3n) is 2.54. The Bertz CT molecular complexity index is 121. The van der Waals surface area contributed by atoms with Crippen molar-refractivity contribution in [2.24, 2.45) is 11.8 Å². The van der Waals surface area contributed by atoms with Crippen molar-refractivity contribution in [3.8, 4) is 12.3 Å². The van der Waals surface area contributed by atoms with E-state index < -0.39 is 0 Å². The third kappa shape index (κ3) is 2.06. The molecule has 0 saturated heterocycles. The van der Waals surface area contributed by atoms with E-state index in [9.17, 15) is 0 Å². The molecule has 0 aromatic rings. The lowest BCUT2D eigenvalue weighted by molar-refractivity contribution is 0.294. The van der Waals surface area contributed by atoms with Gasteiger partial charge in [-0.15, -0.1) is 12.3 Å². The molecule has 0 nitrogen and oxygen atoms in total. The van der Waals surface area contributed by atoms with Crippen LogP contribution in [0, 0.1) is 24.2 Å². The molecule has 0 radical (unpaired) electrons. The Morgan fingerprint density at radius 1 is 1.30 bits per heavy atom. The quantitative estimate of drug-likeness (QED) is 0.486. The fourth-order valence-corrected chi connectivity index (χ4v) is 1.70. The van der Waals surface area contributed by atoms with Gasteiger partial charge in [0.2, 0.25) is 0 Å². The molecular weight excluding hydrogens is 120 g/mol. The van der Waals surface area contributed by atoms with Gasteiger partial charge < -0.3 is 0 Å². The molecule has 0 atom stereocenters. The van der Waals surface area contributed by atoms with E-state index in [1.54, 1.807) is 0 Å². The highest BCUT2D eigenvalue weighted by Gasteiger charge is 2.16. The molecule has 0 N–H and O–H groups in total. The van der Waals surface area contributed by atoms with Crippen molar-refractivity contribution in [1.82, 2.24) is 0 Å². The third-order valence-corrected chi connectivity index (χ3v) is 2.54. The lowest BCUT2D eigenvalue weighted by atomic mass is 9.82. The summed E-state index contributed by atoms with van der Waals surface area (Å²) in [7, 11) is 0. The largest absolute Gasteiger partial charge is 0.120 e. The standard InChI is InChI=1S/C10H16/c1-3-4-10-7-5-9(2)6-8-10/h1,9-10H,4-8H2,2H3. The van der Waals surface area contributed by atoms with Crippen LogP contribution >= 0.6 is 0 Å². The van der Waals surface area contributed by atoms with Crippen LogP contribution in [0.2, 0.25) is 0 Å². The Labute approximate surface area is 64.0 Å². The average Bonchev–Trinajstić information content (AvgIpc) is 1.95. The minimum Gasteiger partial charge on any atom is -0.120 e. The minimum atomic E-state index is 0.848. The van der Waals surface area contributed by atoms with Crippen LogP contribution in [-0.2, 0) is 0 Å². The van der Waals surface area contributed by atoms with Gasteiger partial charge in [-0.2, -0.15) is 0 Å². The molecule has 1 saturated carbocycles. The second-order valence-corrected chi connectivity index (χ2v) is 3.53. The Morgan fingerprint density at radius 3 is 2.40 bits per heavy atom. The van der Waals surface area contributed by atoms with Gasteiger partial charge >= 0.3 is 0 Å². The zero-order valence-electron chi connectivity index (χ0n) is 6.77. The first kappa shape index (κ1) is 7.66. The Morgan fingerprint density at radius 2 is 1.90 bits per heavy atom. The van der Waals surface area contributed by atoms with Crippen LogP contribution in [0.3, 0.4) is 0 Å². The molecule has 0 bridgehead atoms. The zero-order valence-corrected chi connectivity index (χ0v) is 6.77. The van der Waals surface area contributed by atoms with E-state index >= 15 is 0 Å². The van der Waals surface area contributed by atoms with Crippen molar-refractivity contribution in [2.45, 2.75) is 39.0 Å². The summed E-state index contributed by atoms with van der Waals surface area (Å²) in [4.78, 5) is 0. The van der Waals surface area contributed by atoms with Crippen molar-refractivity contribution in [1.29, 1.82) is 0 Å². The van der Waals surface area contributed by atoms with Crippen LogP contribution in [0.1, 0.15) is 39.0 Å². The van der Waals surface area contributed by atoms with Gasteiger partial charge in [-0.3, -0.25) is 0 Å². The summed E-state index contributed by atoms with van der Waals surface area (Å²) in [5.74, 6) is 4.55. The van der Waals surface area contributed by atoms with Gasteiger partial charge in [-0.25, -0.2) is 0 Å². The van der Waals surface area contributed by atoms with Crippen LogP contribution in [0.15, 0.2) is 0 Å². The Hall–Kier alpha value is -0.440. The summed E-state index contributed by atoms with van der Waals surface area (Å²) < 4.78 is 0. The summed E-state index contributed by atoms with van der Waals surface area (Å²) in [6.45, 7) is 2.34. The van der Waals surface area contributed by atoms with E-state index in [1.807, 2.05) is 0 Å². The molecule has 0 spiro atoms. The maximum atomic E-state index is 5.24. The molecule has 1 aliphatic carbocycles. The van der Waals surface area contributed by atoms with E-state index in [1.165, 1.54) is 25.7 Å². The SMILES string of the molecule is C#CCC1CCC(C)CC1. The fourth-order valence-electron chi connectivity index (χ4n) is 1.70. The van der Waals surface area contributed by atoms with Crippen LogP contribution in [0.25, 0.3) is 0 Å². The Balaban J connectivity index is 2.21. The predicted octanol–water partition coefficient (Wildman–Crippen LogP) is 2.84. The average molecular weight is 136 g/mol. The molecule has 56 valence electrons. The fraction of sp³-hybridized carbons (Fsp3) is 0.800. The number of hydrogen-bond acceptors (Lipinski definition) is 0. The molecule has 0 aromatic heterocycles. The van der Waals surface area contributed by atoms with Crippen LogP contribution in [0.5, 0.6) is 0 Å². The molecule has 1 fully saturated rings. The maximum Gasteiger partial charge on any atom is 0.0114 e. The highest BCUT2D eigenvalue weighted by atomic mass is 14.2. The van der Waals surface area contributed by atoms with Crippen LogP contribution in [0.4, 0.5) is 0 Å². The van der Waals surface area contributed by atoms with Crippen molar-refractivity contribution in [2.75, 3.05) is 0 Å². The summed E-state index contributed by atoms with van der Waals surface area (Å²) in [5, 5.41) is 0. The summed E-state index contributed by atoms with van der Waals surface area (Å²) >= 11 is 0. The zero-order chi connectivity index (χ0) is 7.40. The smallest absolute Gasteiger partial charge is 0.0114 e. The molecule has 0 heteroatoms. The molecule has 0 amide bonds. The van der Waals surface area contributed by atoms with Gasteiger partial charge in [0.15, 0.2) is 0 Å². The molecule has 0 heterocycles. The van der Waals surface area contributed by atoms with E-state index in [-0.39, 0.29) is 0 Å². The molecular formula is C10H16. The first-order valence-corrected chi connectivity index (χ1v) is 4.26. The summed E-state index contributed by atoms with van der Waals surface area (Å²) in [6, 6.07) is 0. The number of terminal acetylenes is 1. The minimum absolute atomic E-state index is 0.848. The van der Waals surface area contributed by atoms with Crippen molar-refractivity contribution in [3.63, 3.8) is 0 Å². The highest BCUT2D eigenvalue weighted by Crippen LogP contribution is 2.29. The summed E-state index contributed by atoms with van der Waals surface area (Å²) in [6.07, 6.45) is 11.8. The molecule has 0 aliphatic heterocycles. The summed E-state index contributed by atoms with van der Waals surface area (Å²) in [5.41, 5.74) is 0. The lowest BCUT2D eigenvalue weighted by Gasteiger charge is -2.24. The second-order valence-electron chi connectivity index (χ2n) is 3.53. The van der Waals surface area contributed by atoms with Crippen LogP contribution in [-0.4, -0.2) is 0 Å². The van der Waals surface area contributed by atoms with E-state index in [4.69, 9.17) is 6.42 Å². The van der Waals surface area contributed by atoms with Gasteiger partial charge in [-0.1, -0.05) is 19.8 Å². The molecule has 0 aromatic carbocycles. The Kier molecular flexibility index (Phi) is 2.81. The normalized spacial score (nSPS) is 33.2. The first-order chi connectivity index (χ1) is 4.83. The van der Waals surface area contributed by atoms with E-state index in [0.717, 1.165) is 18.3 Å². The molecule has 1 aliphatic rings. The van der Waals surface area contributed by atoms with Gasteiger partial charge in [-0.05, 0) is 24.7 Å². The van der Waals surface area contributed by atoms with Gasteiger partial charge in [0, 0.05) is 6.42 Å². The second kappa shape index (κ2) is 3.66. The number of hydrogen-bond donors (Lipinski definition) is 0.